The van der Waals surface area contributed by atoms with Gasteiger partial charge in [0.15, 0.2) is 0 Å². The Hall–Kier alpha value is -3.08. The Bertz CT molecular complexity index is 1130. The van der Waals surface area contributed by atoms with Crippen LogP contribution in [0.25, 0.3) is 10.6 Å². The number of carbonyl (C=O) groups is 2. The van der Waals surface area contributed by atoms with Gasteiger partial charge in [-0.05, 0) is 24.3 Å². The van der Waals surface area contributed by atoms with Crippen molar-refractivity contribution in [2.45, 2.75) is 18.4 Å². The zero-order valence-electron chi connectivity index (χ0n) is 16.0. The summed E-state index contributed by atoms with van der Waals surface area (Å²) in [6.07, 6.45) is 0. The predicted molar refractivity (Wildman–Crippen MR) is 113 cm³/mol. The molecule has 0 saturated carbocycles. The van der Waals surface area contributed by atoms with Crippen LogP contribution in [0.2, 0.25) is 0 Å². The molecule has 10 heteroatoms. The monoisotopic (exact) mass is 445 g/mol. The van der Waals surface area contributed by atoms with E-state index in [0.29, 0.717) is 11.4 Å². The molecule has 0 radical (unpaired) electrons. The van der Waals surface area contributed by atoms with Crippen LogP contribution in [-0.2, 0) is 31.0 Å². The normalized spacial score (nSPS) is 11.1. The number of aromatic nitrogens is 1. The highest BCUT2D eigenvalue weighted by Gasteiger charge is 2.16. The third-order valence-electron chi connectivity index (χ3n) is 3.85. The molecule has 3 aromatic rings. The number of anilines is 1. The Balaban J connectivity index is 1.50. The van der Waals surface area contributed by atoms with Crippen LogP contribution < -0.4 is 10.0 Å². The topological polar surface area (TPSA) is 114 Å². The number of hydrogen-bond acceptors (Lipinski definition) is 7. The van der Waals surface area contributed by atoms with E-state index >= 15 is 0 Å². The van der Waals surface area contributed by atoms with Crippen LogP contribution in [0.4, 0.5) is 5.69 Å². The minimum absolute atomic E-state index is 0.0311. The van der Waals surface area contributed by atoms with E-state index in [1.54, 1.807) is 5.38 Å². The molecule has 0 aliphatic carbocycles. The molecule has 0 fully saturated rings. The molecular formula is C20H19N3O5S2. The maximum atomic E-state index is 12.3. The van der Waals surface area contributed by atoms with Crippen LogP contribution in [-0.4, -0.2) is 31.8 Å². The van der Waals surface area contributed by atoms with Crippen molar-refractivity contribution >= 4 is 38.9 Å². The Morgan fingerprint density at radius 3 is 2.43 bits per heavy atom. The summed E-state index contributed by atoms with van der Waals surface area (Å²) in [5, 5.41) is 5.14. The molecule has 0 aliphatic heterocycles. The number of hydrogen-bond donors (Lipinski definition) is 2. The van der Waals surface area contributed by atoms with Crippen molar-refractivity contribution in [3.8, 4) is 10.6 Å². The van der Waals surface area contributed by atoms with Gasteiger partial charge in [-0.2, -0.15) is 4.72 Å². The Labute approximate surface area is 178 Å². The molecule has 0 saturated heterocycles. The van der Waals surface area contributed by atoms with Crippen molar-refractivity contribution in [2.24, 2.45) is 0 Å². The SMILES string of the molecule is CC(=O)Nc1ccc(S(=O)(=O)NCC(=O)OCc2csc(-c3ccccc3)n2)cc1. The molecule has 8 nitrogen and oxygen atoms in total. The van der Waals surface area contributed by atoms with E-state index in [0.717, 1.165) is 10.6 Å². The van der Waals surface area contributed by atoms with Crippen molar-refractivity contribution in [3.63, 3.8) is 0 Å². The predicted octanol–water partition coefficient (Wildman–Crippen LogP) is 2.79. The van der Waals surface area contributed by atoms with E-state index in [-0.39, 0.29) is 17.4 Å². The lowest BCUT2D eigenvalue weighted by molar-refractivity contribution is -0.143. The number of thiazole rings is 1. The summed E-state index contributed by atoms with van der Waals surface area (Å²) in [6, 6.07) is 15.2. The van der Waals surface area contributed by atoms with Crippen LogP contribution in [0.1, 0.15) is 12.6 Å². The van der Waals surface area contributed by atoms with E-state index in [4.69, 9.17) is 4.74 Å². The molecule has 3 rings (SSSR count). The fourth-order valence-corrected chi connectivity index (χ4v) is 4.23. The Morgan fingerprint density at radius 1 is 1.07 bits per heavy atom. The second-order valence-electron chi connectivity index (χ2n) is 6.20. The molecule has 1 heterocycles. The highest BCUT2D eigenvalue weighted by atomic mass is 32.2. The molecule has 0 atom stereocenters. The van der Waals surface area contributed by atoms with Crippen LogP contribution in [0, 0.1) is 0 Å². The van der Waals surface area contributed by atoms with Gasteiger partial charge < -0.3 is 10.1 Å². The second-order valence-corrected chi connectivity index (χ2v) is 8.83. The first-order valence-electron chi connectivity index (χ1n) is 8.86. The summed E-state index contributed by atoms with van der Waals surface area (Å²) in [5.74, 6) is -0.981. The van der Waals surface area contributed by atoms with E-state index < -0.39 is 22.5 Å². The first-order chi connectivity index (χ1) is 14.3. The van der Waals surface area contributed by atoms with Gasteiger partial charge in [0.2, 0.25) is 15.9 Å². The van der Waals surface area contributed by atoms with Gasteiger partial charge in [-0.3, -0.25) is 9.59 Å². The zero-order chi connectivity index (χ0) is 21.6. The standard InChI is InChI=1S/C20H19N3O5S2/c1-14(24)22-16-7-9-18(10-8-16)30(26,27)21-11-19(25)28-12-17-13-29-20(23-17)15-5-3-2-4-6-15/h2-10,13,21H,11-12H2,1H3,(H,22,24). The highest BCUT2D eigenvalue weighted by molar-refractivity contribution is 7.89. The van der Waals surface area contributed by atoms with E-state index in [9.17, 15) is 18.0 Å². The van der Waals surface area contributed by atoms with Gasteiger partial charge in [-0.1, -0.05) is 30.3 Å². The van der Waals surface area contributed by atoms with E-state index in [1.165, 1.54) is 42.5 Å². The molecular weight excluding hydrogens is 426 g/mol. The number of rotatable bonds is 8. The van der Waals surface area contributed by atoms with Crippen LogP contribution in [0.3, 0.4) is 0 Å². The number of carbonyl (C=O) groups excluding carboxylic acids is 2. The maximum Gasteiger partial charge on any atom is 0.321 e. The van der Waals surface area contributed by atoms with Crippen LogP contribution in [0.5, 0.6) is 0 Å². The van der Waals surface area contributed by atoms with E-state index in [2.05, 4.69) is 15.0 Å². The van der Waals surface area contributed by atoms with Crippen LogP contribution >= 0.6 is 11.3 Å². The Morgan fingerprint density at radius 2 is 1.77 bits per heavy atom. The average molecular weight is 446 g/mol. The summed E-state index contributed by atoms with van der Waals surface area (Å²) >= 11 is 1.43. The molecule has 1 aromatic heterocycles. The molecule has 2 aromatic carbocycles. The van der Waals surface area contributed by atoms with Crippen molar-refractivity contribution in [1.29, 1.82) is 0 Å². The summed E-state index contributed by atoms with van der Waals surface area (Å²) in [4.78, 5) is 27.3. The minimum Gasteiger partial charge on any atom is -0.458 e. The van der Waals surface area contributed by atoms with Gasteiger partial charge >= 0.3 is 5.97 Å². The minimum atomic E-state index is -3.89. The van der Waals surface area contributed by atoms with Gasteiger partial charge in [0.05, 0.1) is 10.6 Å². The van der Waals surface area contributed by atoms with Gasteiger partial charge in [-0.15, -0.1) is 11.3 Å². The van der Waals surface area contributed by atoms with Crippen molar-refractivity contribution in [2.75, 3.05) is 11.9 Å². The average Bonchev–Trinajstić information content (AvgIpc) is 3.20. The van der Waals surface area contributed by atoms with Crippen molar-refractivity contribution < 1.29 is 22.7 Å². The number of ether oxygens (including phenoxy) is 1. The lowest BCUT2D eigenvalue weighted by Gasteiger charge is -2.08. The quantitative estimate of drug-likeness (QED) is 0.515. The molecule has 156 valence electrons. The van der Waals surface area contributed by atoms with Gasteiger partial charge in [0.1, 0.15) is 18.2 Å². The van der Waals surface area contributed by atoms with Gasteiger partial charge in [0, 0.05) is 23.6 Å². The molecule has 0 aliphatic rings. The molecule has 0 unspecified atom stereocenters. The van der Waals surface area contributed by atoms with Crippen molar-refractivity contribution in [1.82, 2.24) is 9.71 Å². The molecule has 0 spiro atoms. The maximum absolute atomic E-state index is 12.3. The number of nitrogens with zero attached hydrogens (tertiary/aromatic N) is 1. The van der Waals surface area contributed by atoms with Crippen molar-refractivity contribution in [3.05, 3.63) is 65.7 Å². The molecule has 30 heavy (non-hydrogen) atoms. The summed E-state index contributed by atoms with van der Waals surface area (Å²) in [7, 11) is -3.89. The summed E-state index contributed by atoms with van der Waals surface area (Å²) < 4.78 is 31.9. The first kappa shape index (κ1) is 21.6. The fraction of sp³-hybridized carbons (Fsp3) is 0.150. The summed E-state index contributed by atoms with van der Waals surface area (Å²) in [6.45, 7) is 0.798. The number of nitrogens with one attached hydrogen (secondary N) is 2. The number of amides is 1. The van der Waals surface area contributed by atoms with Gasteiger partial charge in [-0.25, -0.2) is 13.4 Å². The third kappa shape index (κ3) is 5.96. The zero-order valence-corrected chi connectivity index (χ0v) is 17.6. The molecule has 1 amide bonds. The number of sulfonamides is 1. The fourth-order valence-electron chi connectivity index (χ4n) is 2.45. The van der Waals surface area contributed by atoms with Crippen LogP contribution in [0.15, 0.2) is 64.9 Å². The molecule has 2 N–H and O–H groups in total. The molecule has 0 bridgehead atoms. The largest absolute Gasteiger partial charge is 0.458 e. The number of esters is 1. The Kier molecular flexibility index (Phi) is 6.93. The lowest BCUT2D eigenvalue weighted by Crippen LogP contribution is -2.30. The smallest absolute Gasteiger partial charge is 0.321 e. The van der Waals surface area contributed by atoms with E-state index in [1.807, 2.05) is 30.3 Å². The lowest BCUT2D eigenvalue weighted by atomic mass is 10.2. The highest BCUT2D eigenvalue weighted by Crippen LogP contribution is 2.23. The van der Waals surface area contributed by atoms with Gasteiger partial charge in [0.25, 0.3) is 0 Å². The third-order valence-corrected chi connectivity index (χ3v) is 6.20. The summed E-state index contributed by atoms with van der Waals surface area (Å²) in [5.41, 5.74) is 2.03. The number of benzene rings is 2. The first-order valence-corrected chi connectivity index (χ1v) is 11.2. The second kappa shape index (κ2) is 9.61.